The predicted molar refractivity (Wildman–Crippen MR) is 55.5 cm³/mol. The van der Waals surface area contributed by atoms with Gasteiger partial charge in [0.2, 0.25) is 0 Å². The molecule has 1 heterocycles. The van der Waals surface area contributed by atoms with E-state index in [-0.39, 0.29) is 11.7 Å². The van der Waals surface area contributed by atoms with Crippen LogP contribution in [0.15, 0.2) is 0 Å². The SMILES string of the molecule is C#CC1OC1(CCCC)CCCC. The summed E-state index contributed by atoms with van der Waals surface area (Å²) in [5.41, 5.74) is 0.0841. The van der Waals surface area contributed by atoms with E-state index in [2.05, 4.69) is 19.8 Å². The standard InChI is InChI=1S/C12H20O/c1-4-7-9-12(10-8-5-2)11(6-3)13-12/h3,11H,4-5,7-10H2,1-2H3. The van der Waals surface area contributed by atoms with Crippen molar-refractivity contribution in [2.75, 3.05) is 0 Å². The molecule has 74 valence electrons. The molecule has 0 aromatic carbocycles. The van der Waals surface area contributed by atoms with Crippen molar-refractivity contribution in [2.24, 2.45) is 0 Å². The van der Waals surface area contributed by atoms with Gasteiger partial charge >= 0.3 is 0 Å². The summed E-state index contributed by atoms with van der Waals surface area (Å²) in [7, 11) is 0. The zero-order valence-corrected chi connectivity index (χ0v) is 8.81. The Morgan fingerprint density at radius 3 is 2.08 bits per heavy atom. The molecule has 0 amide bonds. The summed E-state index contributed by atoms with van der Waals surface area (Å²) in [5.74, 6) is 2.73. The first kappa shape index (κ1) is 10.6. The van der Waals surface area contributed by atoms with Gasteiger partial charge in [0.25, 0.3) is 0 Å². The minimum absolute atomic E-state index is 0.0841. The van der Waals surface area contributed by atoms with E-state index in [9.17, 15) is 0 Å². The third-order valence-electron chi connectivity index (χ3n) is 2.83. The van der Waals surface area contributed by atoms with Crippen LogP contribution in [0.25, 0.3) is 0 Å². The highest BCUT2D eigenvalue weighted by Gasteiger charge is 2.53. The Morgan fingerprint density at radius 2 is 1.77 bits per heavy atom. The van der Waals surface area contributed by atoms with E-state index in [4.69, 9.17) is 11.2 Å². The van der Waals surface area contributed by atoms with Crippen molar-refractivity contribution in [1.82, 2.24) is 0 Å². The summed E-state index contributed by atoms with van der Waals surface area (Å²) in [5, 5.41) is 0. The van der Waals surface area contributed by atoms with Gasteiger partial charge in [-0.1, -0.05) is 45.5 Å². The first-order valence-corrected chi connectivity index (χ1v) is 5.43. The van der Waals surface area contributed by atoms with Crippen LogP contribution in [0, 0.1) is 12.3 Å². The number of ether oxygens (including phenoxy) is 1. The zero-order valence-electron chi connectivity index (χ0n) is 8.81. The van der Waals surface area contributed by atoms with Gasteiger partial charge in [-0.3, -0.25) is 0 Å². The number of hydrogen-bond acceptors (Lipinski definition) is 1. The molecule has 0 spiro atoms. The van der Waals surface area contributed by atoms with E-state index >= 15 is 0 Å². The Bertz CT molecular complexity index is 182. The van der Waals surface area contributed by atoms with Crippen molar-refractivity contribution in [3.05, 3.63) is 0 Å². The molecular weight excluding hydrogens is 160 g/mol. The molecule has 0 aliphatic carbocycles. The van der Waals surface area contributed by atoms with Crippen LogP contribution in [0.4, 0.5) is 0 Å². The van der Waals surface area contributed by atoms with E-state index in [1.165, 1.54) is 25.7 Å². The third kappa shape index (κ3) is 2.48. The van der Waals surface area contributed by atoms with E-state index in [0.717, 1.165) is 12.8 Å². The molecule has 1 aliphatic heterocycles. The maximum atomic E-state index is 5.62. The first-order valence-electron chi connectivity index (χ1n) is 5.43. The molecule has 1 heteroatoms. The van der Waals surface area contributed by atoms with Crippen molar-refractivity contribution in [3.63, 3.8) is 0 Å². The highest BCUT2D eigenvalue weighted by molar-refractivity contribution is 5.17. The second-order valence-corrected chi connectivity index (χ2v) is 3.94. The fourth-order valence-electron chi connectivity index (χ4n) is 1.84. The van der Waals surface area contributed by atoms with Gasteiger partial charge in [0.1, 0.15) is 11.7 Å². The maximum absolute atomic E-state index is 5.62. The van der Waals surface area contributed by atoms with Crippen molar-refractivity contribution in [3.8, 4) is 12.3 Å². The predicted octanol–water partition coefficient (Wildman–Crippen LogP) is 3.14. The van der Waals surface area contributed by atoms with Crippen LogP contribution in [0.3, 0.4) is 0 Å². The van der Waals surface area contributed by atoms with Gasteiger partial charge in [-0.15, -0.1) is 6.42 Å². The first-order chi connectivity index (χ1) is 6.29. The maximum Gasteiger partial charge on any atom is 0.147 e. The summed E-state index contributed by atoms with van der Waals surface area (Å²) >= 11 is 0. The normalized spacial score (nSPS) is 23.9. The van der Waals surface area contributed by atoms with Gasteiger partial charge in [-0.25, -0.2) is 0 Å². The van der Waals surface area contributed by atoms with Crippen LogP contribution in [0.5, 0.6) is 0 Å². The van der Waals surface area contributed by atoms with Crippen molar-refractivity contribution >= 4 is 0 Å². The number of epoxide rings is 1. The molecule has 13 heavy (non-hydrogen) atoms. The minimum Gasteiger partial charge on any atom is -0.352 e. The van der Waals surface area contributed by atoms with Crippen LogP contribution >= 0.6 is 0 Å². The van der Waals surface area contributed by atoms with Gasteiger partial charge < -0.3 is 4.74 Å². The van der Waals surface area contributed by atoms with Gasteiger partial charge in [0.15, 0.2) is 0 Å². The second kappa shape index (κ2) is 4.67. The van der Waals surface area contributed by atoms with Crippen LogP contribution in [0.2, 0.25) is 0 Å². The monoisotopic (exact) mass is 180 g/mol. The highest BCUT2D eigenvalue weighted by Crippen LogP contribution is 2.44. The lowest BCUT2D eigenvalue weighted by atomic mass is 9.93. The summed E-state index contributed by atoms with van der Waals surface area (Å²) in [6.45, 7) is 4.42. The summed E-state index contributed by atoms with van der Waals surface area (Å²) in [4.78, 5) is 0. The number of rotatable bonds is 6. The number of hydrogen-bond donors (Lipinski definition) is 0. The fraction of sp³-hybridized carbons (Fsp3) is 0.833. The van der Waals surface area contributed by atoms with Gasteiger partial charge in [0, 0.05) is 0 Å². The molecule has 1 atom stereocenters. The van der Waals surface area contributed by atoms with Gasteiger partial charge in [0.05, 0.1) is 0 Å². The van der Waals surface area contributed by atoms with Crippen LogP contribution in [-0.4, -0.2) is 11.7 Å². The Balaban J connectivity index is 2.34. The molecule has 0 bridgehead atoms. The molecule has 0 N–H and O–H groups in total. The summed E-state index contributed by atoms with van der Waals surface area (Å²) in [6, 6.07) is 0. The smallest absolute Gasteiger partial charge is 0.147 e. The number of terminal acetylenes is 1. The molecule has 1 unspecified atom stereocenters. The average molecular weight is 180 g/mol. The van der Waals surface area contributed by atoms with Gasteiger partial charge in [-0.2, -0.15) is 0 Å². The Labute approximate surface area is 81.9 Å². The second-order valence-electron chi connectivity index (χ2n) is 3.94. The fourth-order valence-corrected chi connectivity index (χ4v) is 1.84. The van der Waals surface area contributed by atoms with Crippen LogP contribution in [0.1, 0.15) is 52.4 Å². The van der Waals surface area contributed by atoms with Crippen molar-refractivity contribution in [1.29, 1.82) is 0 Å². The molecule has 1 aliphatic rings. The highest BCUT2D eigenvalue weighted by atomic mass is 16.6. The van der Waals surface area contributed by atoms with Crippen molar-refractivity contribution < 1.29 is 4.74 Å². The lowest BCUT2D eigenvalue weighted by Crippen LogP contribution is -2.14. The van der Waals surface area contributed by atoms with Crippen molar-refractivity contribution in [2.45, 2.75) is 64.1 Å². The Kier molecular flexibility index (Phi) is 3.81. The molecule has 0 saturated carbocycles. The quantitative estimate of drug-likeness (QED) is 0.452. The van der Waals surface area contributed by atoms with E-state index < -0.39 is 0 Å². The van der Waals surface area contributed by atoms with E-state index in [1.807, 2.05) is 0 Å². The molecule has 1 nitrogen and oxygen atoms in total. The molecule has 1 saturated heterocycles. The lowest BCUT2D eigenvalue weighted by molar-refractivity contribution is 0.261. The molecule has 1 rings (SSSR count). The molecule has 0 aromatic rings. The average Bonchev–Trinajstić information content (AvgIpc) is 2.86. The molecule has 0 aromatic heterocycles. The molecule has 1 fully saturated rings. The minimum atomic E-state index is 0.0841. The number of unbranched alkanes of at least 4 members (excludes halogenated alkanes) is 2. The van der Waals surface area contributed by atoms with Crippen LogP contribution < -0.4 is 0 Å². The van der Waals surface area contributed by atoms with E-state index in [1.54, 1.807) is 0 Å². The largest absolute Gasteiger partial charge is 0.352 e. The topological polar surface area (TPSA) is 12.5 Å². The Hall–Kier alpha value is -0.480. The lowest BCUT2D eigenvalue weighted by Gasteiger charge is -2.10. The third-order valence-corrected chi connectivity index (χ3v) is 2.83. The molecule has 0 radical (unpaired) electrons. The zero-order chi connectivity index (χ0) is 9.73. The summed E-state index contributed by atoms with van der Waals surface area (Å²) in [6.07, 6.45) is 12.7. The molecular formula is C12H20O. The van der Waals surface area contributed by atoms with E-state index in [0.29, 0.717) is 0 Å². The van der Waals surface area contributed by atoms with Gasteiger partial charge in [-0.05, 0) is 12.8 Å². The summed E-state index contributed by atoms with van der Waals surface area (Å²) < 4.78 is 5.62. The van der Waals surface area contributed by atoms with Crippen LogP contribution in [-0.2, 0) is 4.74 Å². The Morgan fingerprint density at radius 1 is 1.23 bits per heavy atom.